The highest BCUT2D eigenvalue weighted by Crippen LogP contribution is 2.12. The molecule has 0 saturated carbocycles. The third kappa shape index (κ3) is 50.8. The van der Waals surface area contributed by atoms with Crippen molar-refractivity contribution in [2.24, 2.45) is 0 Å². The summed E-state index contributed by atoms with van der Waals surface area (Å²) in [6.45, 7) is 6.31. The molecule has 0 aromatic carbocycles. The van der Waals surface area contributed by atoms with E-state index in [1.807, 2.05) is 0 Å². The molecule has 0 radical (unpaired) electrons. The number of carbonyl (C=O) groups excluding carboxylic acids is 3. The number of allylic oxidation sites excluding steroid dienone is 20. The second-order valence-electron chi connectivity index (χ2n) is 17.0. The van der Waals surface area contributed by atoms with Crippen molar-refractivity contribution in [1.29, 1.82) is 0 Å². The van der Waals surface area contributed by atoms with Crippen molar-refractivity contribution in [3.8, 4) is 0 Å². The van der Waals surface area contributed by atoms with Crippen molar-refractivity contribution in [2.45, 2.75) is 226 Å². The molecule has 0 aliphatic heterocycles. The van der Waals surface area contributed by atoms with E-state index in [0.29, 0.717) is 19.3 Å². The summed E-state index contributed by atoms with van der Waals surface area (Å²) in [5, 5.41) is 0. The summed E-state index contributed by atoms with van der Waals surface area (Å²) in [5.74, 6) is -1.00. The summed E-state index contributed by atoms with van der Waals surface area (Å²) in [7, 11) is 0. The Hall–Kier alpha value is -4.19. The number of rotatable bonds is 46. The molecule has 6 nitrogen and oxygen atoms in total. The molecule has 0 aromatic rings. The molecule has 0 spiro atoms. The number of ether oxygens (including phenoxy) is 3. The minimum absolute atomic E-state index is 0.113. The van der Waals surface area contributed by atoms with Crippen LogP contribution in [-0.4, -0.2) is 37.2 Å². The molecule has 6 heteroatoms. The van der Waals surface area contributed by atoms with Gasteiger partial charge >= 0.3 is 17.9 Å². The monoisotopic (exact) mass is 913 g/mol. The van der Waals surface area contributed by atoms with Gasteiger partial charge in [0.1, 0.15) is 13.2 Å². The van der Waals surface area contributed by atoms with E-state index in [9.17, 15) is 14.4 Å². The smallest absolute Gasteiger partial charge is 0.306 e. The molecule has 1 atom stereocenters. The maximum Gasteiger partial charge on any atom is 0.306 e. The summed E-state index contributed by atoms with van der Waals surface area (Å²) in [4.78, 5) is 38.0. The zero-order valence-electron chi connectivity index (χ0n) is 42.4. The third-order valence-corrected chi connectivity index (χ3v) is 10.7. The Bertz CT molecular complexity index is 1420. The van der Waals surface area contributed by atoms with Crippen molar-refractivity contribution in [3.63, 3.8) is 0 Å². The molecule has 0 bridgehead atoms. The zero-order chi connectivity index (χ0) is 47.9. The lowest BCUT2D eigenvalue weighted by atomic mass is 10.1. The van der Waals surface area contributed by atoms with E-state index in [0.717, 1.165) is 128 Å². The van der Waals surface area contributed by atoms with Crippen molar-refractivity contribution >= 4 is 17.9 Å². The Morgan fingerprint density at radius 3 is 0.985 bits per heavy atom. The predicted octanol–water partition coefficient (Wildman–Crippen LogP) is 17.7. The first-order chi connectivity index (χ1) is 32.5. The Balaban J connectivity index is 4.54. The number of hydrogen-bond acceptors (Lipinski definition) is 6. The lowest BCUT2D eigenvalue weighted by molar-refractivity contribution is -0.167. The van der Waals surface area contributed by atoms with Gasteiger partial charge in [-0.3, -0.25) is 14.4 Å². The highest BCUT2D eigenvalue weighted by molar-refractivity contribution is 5.71. The van der Waals surface area contributed by atoms with Gasteiger partial charge in [-0.15, -0.1) is 0 Å². The summed E-state index contributed by atoms with van der Waals surface area (Å²) < 4.78 is 16.7. The van der Waals surface area contributed by atoms with Gasteiger partial charge in [0, 0.05) is 19.3 Å². The molecular weight excluding hydrogens is 817 g/mol. The van der Waals surface area contributed by atoms with Gasteiger partial charge in [-0.25, -0.2) is 0 Å². The van der Waals surface area contributed by atoms with Crippen LogP contribution in [0.25, 0.3) is 0 Å². The second-order valence-corrected chi connectivity index (χ2v) is 17.0. The topological polar surface area (TPSA) is 78.9 Å². The van der Waals surface area contributed by atoms with Gasteiger partial charge in [-0.05, 0) is 128 Å². The van der Waals surface area contributed by atoms with E-state index in [1.165, 1.54) is 44.9 Å². The molecule has 0 aliphatic carbocycles. The SMILES string of the molecule is CC/C=C\C/C=C\C/C=C\C/C=C\C/C=C\CCCCCC(=O)OC[C@@H](COC(=O)CCCCCCC/C=C\CCCCCCC)OC(=O)CCCC/C=C\C/C=C\C/C=C\C/C=C\CC. The first-order valence-electron chi connectivity index (χ1n) is 26.5. The molecule has 0 N–H and O–H groups in total. The van der Waals surface area contributed by atoms with Crippen LogP contribution in [0.15, 0.2) is 122 Å². The highest BCUT2D eigenvalue weighted by Gasteiger charge is 2.19. The van der Waals surface area contributed by atoms with Crippen molar-refractivity contribution in [3.05, 3.63) is 122 Å². The quantitative estimate of drug-likeness (QED) is 0.0262. The van der Waals surface area contributed by atoms with Gasteiger partial charge < -0.3 is 14.2 Å². The molecule has 0 fully saturated rings. The predicted molar refractivity (Wildman–Crippen MR) is 283 cm³/mol. The van der Waals surface area contributed by atoms with Crippen LogP contribution in [0.4, 0.5) is 0 Å². The Labute approximate surface area is 405 Å². The van der Waals surface area contributed by atoms with Crippen LogP contribution in [0.5, 0.6) is 0 Å². The summed E-state index contributed by atoms with van der Waals surface area (Å²) in [6.07, 6.45) is 73.3. The molecule has 0 rings (SSSR count). The van der Waals surface area contributed by atoms with E-state index in [2.05, 4.69) is 142 Å². The van der Waals surface area contributed by atoms with E-state index >= 15 is 0 Å². The van der Waals surface area contributed by atoms with Gasteiger partial charge in [0.25, 0.3) is 0 Å². The van der Waals surface area contributed by atoms with Gasteiger partial charge in [-0.1, -0.05) is 194 Å². The Kier molecular flexibility index (Phi) is 50.0. The minimum atomic E-state index is -0.820. The van der Waals surface area contributed by atoms with Crippen molar-refractivity contribution in [1.82, 2.24) is 0 Å². The maximum absolute atomic E-state index is 12.8. The standard InChI is InChI=1S/C60H96O6/c1-4-7-10-13-16-19-22-25-28-29-30-31-33-35-38-41-44-47-50-53-59(62)65-56-57(55-64-58(61)52-49-46-43-40-37-34-27-24-21-18-15-12-9-6-3)66-60(63)54-51-48-45-42-39-36-32-26-23-20-17-14-11-8-5-2/h7-8,10-11,16-17,19-20,24-28,30-32,35,38-39,42,57H,4-6,9,12-15,18,21-23,29,33-34,36-37,40-41,43-56H2,1-3H3/b10-7-,11-8-,19-16-,20-17-,27-24-,28-25-,31-30-,32-26-,38-35-,42-39-/t57-/m1/s1. The van der Waals surface area contributed by atoms with Gasteiger partial charge in [-0.2, -0.15) is 0 Å². The van der Waals surface area contributed by atoms with E-state index in [-0.39, 0.29) is 37.5 Å². The average Bonchev–Trinajstić information content (AvgIpc) is 3.31. The van der Waals surface area contributed by atoms with Crippen LogP contribution in [0.2, 0.25) is 0 Å². The number of hydrogen-bond donors (Lipinski definition) is 0. The minimum Gasteiger partial charge on any atom is -0.462 e. The van der Waals surface area contributed by atoms with Crippen molar-refractivity contribution < 1.29 is 28.6 Å². The fourth-order valence-corrected chi connectivity index (χ4v) is 6.75. The second kappa shape index (κ2) is 53.4. The highest BCUT2D eigenvalue weighted by atomic mass is 16.6. The van der Waals surface area contributed by atoms with Crippen LogP contribution >= 0.6 is 0 Å². The largest absolute Gasteiger partial charge is 0.462 e. The number of esters is 3. The van der Waals surface area contributed by atoms with Crippen LogP contribution in [0.3, 0.4) is 0 Å². The van der Waals surface area contributed by atoms with Gasteiger partial charge in [0.15, 0.2) is 6.10 Å². The molecule has 0 amide bonds. The zero-order valence-corrected chi connectivity index (χ0v) is 42.4. The molecule has 0 unspecified atom stereocenters. The summed E-state index contributed by atoms with van der Waals surface area (Å²) >= 11 is 0. The van der Waals surface area contributed by atoms with E-state index < -0.39 is 6.10 Å². The van der Waals surface area contributed by atoms with Crippen LogP contribution in [-0.2, 0) is 28.6 Å². The van der Waals surface area contributed by atoms with Gasteiger partial charge in [0.2, 0.25) is 0 Å². The van der Waals surface area contributed by atoms with E-state index in [4.69, 9.17) is 14.2 Å². The number of unbranched alkanes of at least 4 members (excludes halogenated alkanes) is 15. The Morgan fingerprint density at radius 1 is 0.318 bits per heavy atom. The molecular formula is C60H96O6. The third-order valence-electron chi connectivity index (χ3n) is 10.7. The van der Waals surface area contributed by atoms with Crippen LogP contribution in [0.1, 0.15) is 220 Å². The summed E-state index contributed by atoms with van der Waals surface area (Å²) in [6, 6.07) is 0. The molecule has 0 aliphatic rings. The summed E-state index contributed by atoms with van der Waals surface area (Å²) in [5.41, 5.74) is 0. The van der Waals surface area contributed by atoms with Crippen LogP contribution < -0.4 is 0 Å². The average molecular weight is 913 g/mol. The molecule has 0 aromatic heterocycles. The molecule has 0 saturated heterocycles. The Morgan fingerprint density at radius 2 is 0.591 bits per heavy atom. The van der Waals surface area contributed by atoms with E-state index in [1.54, 1.807) is 0 Å². The number of carbonyl (C=O) groups is 3. The normalized spacial score (nSPS) is 13.1. The van der Waals surface area contributed by atoms with Crippen LogP contribution in [0, 0.1) is 0 Å². The molecule has 0 heterocycles. The molecule has 372 valence electrons. The fraction of sp³-hybridized carbons (Fsp3) is 0.617. The fourth-order valence-electron chi connectivity index (χ4n) is 6.75. The first-order valence-corrected chi connectivity index (χ1v) is 26.5. The lowest BCUT2D eigenvalue weighted by Gasteiger charge is -2.18. The molecule has 66 heavy (non-hydrogen) atoms. The lowest BCUT2D eigenvalue weighted by Crippen LogP contribution is -2.30. The first kappa shape index (κ1) is 61.8. The maximum atomic E-state index is 12.8. The van der Waals surface area contributed by atoms with Gasteiger partial charge in [0.05, 0.1) is 0 Å². The van der Waals surface area contributed by atoms with Crippen molar-refractivity contribution in [2.75, 3.05) is 13.2 Å².